The number of likely N-dealkylation sites (tertiary alicyclic amines) is 1. The van der Waals surface area contributed by atoms with Crippen molar-refractivity contribution in [1.82, 2.24) is 15.5 Å². The van der Waals surface area contributed by atoms with Crippen molar-refractivity contribution in [2.75, 3.05) is 33.4 Å². The average Bonchev–Trinajstić information content (AvgIpc) is 3.40. The molecule has 2 amide bonds. The van der Waals surface area contributed by atoms with Gasteiger partial charge in [0.05, 0.1) is 25.0 Å². The number of nitrogens with one attached hydrogen (secondary N) is 2. The van der Waals surface area contributed by atoms with Crippen LogP contribution >= 0.6 is 24.0 Å². The topological polar surface area (TPSA) is 92.3 Å². The smallest absolute Gasteiger partial charge is 0.233 e. The van der Waals surface area contributed by atoms with Crippen molar-refractivity contribution in [2.24, 2.45) is 28.7 Å². The monoisotopic (exact) mass is 552 g/mol. The molecule has 1 aromatic carbocycles. The number of carbonyl (C=O) groups excluding carboxylic acids is 2. The molecule has 1 saturated heterocycles. The maximum atomic E-state index is 12.8. The molecule has 2 bridgehead atoms. The molecule has 2 aliphatic heterocycles. The van der Waals surface area contributed by atoms with E-state index in [1.165, 1.54) is 4.90 Å². The van der Waals surface area contributed by atoms with E-state index in [4.69, 9.17) is 9.47 Å². The number of ether oxygens (including phenoxy) is 2. The van der Waals surface area contributed by atoms with Crippen LogP contribution in [0, 0.1) is 23.7 Å². The molecule has 0 radical (unpaired) electrons. The summed E-state index contributed by atoms with van der Waals surface area (Å²) in [5.41, 5.74) is 1.05. The Morgan fingerprint density at radius 3 is 2.44 bits per heavy atom. The number of imide groups is 1. The fourth-order valence-corrected chi connectivity index (χ4v) is 5.19. The predicted octanol–water partition coefficient (Wildman–Crippen LogP) is 1.94. The lowest BCUT2D eigenvalue weighted by Gasteiger charge is -2.19. The number of amides is 2. The second-order valence-electron chi connectivity index (χ2n) is 8.51. The van der Waals surface area contributed by atoms with E-state index in [0.717, 1.165) is 29.9 Å². The third-order valence-electron chi connectivity index (χ3n) is 6.68. The maximum Gasteiger partial charge on any atom is 0.233 e. The largest absolute Gasteiger partial charge is 0.490 e. The van der Waals surface area contributed by atoms with Gasteiger partial charge in [-0.15, -0.1) is 24.0 Å². The highest BCUT2D eigenvalue weighted by atomic mass is 127. The molecule has 0 aromatic heterocycles. The number of aliphatic imine (C=N–C) groups is 1. The molecule has 2 aliphatic carbocycles. The molecule has 4 unspecified atom stereocenters. The molecule has 8 nitrogen and oxygen atoms in total. The van der Waals surface area contributed by atoms with E-state index in [1.807, 2.05) is 18.2 Å². The fourth-order valence-electron chi connectivity index (χ4n) is 5.19. The van der Waals surface area contributed by atoms with Gasteiger partial charge in [0.25, 0.3) is 0 Å². The molecule has 4 atom stereocenters. The number of guanidine groups is 1. The Labute approximate surface area is 204 Å². The molecule has 2 N–H and O–H groups in total. The van der Waals surface area contributed by atoms with Gasteiger partial charge < -0.3 is 20.1 Å². The maximum absolute atomic E-state index is 12.8. The van der Waals surface area contributed by atoms with Gasteiger partial charge in [-0.1, -0.05) is 18.2 Å². The second-order valence-corrected chi connectivity index (χ2v) is 8.51. The number of allylic oxidation sites excluding steroid dienone is 2. The third-order valence-corrected chi connectivity index (χ3v) is 6.68. The number of halogens is 1. The van der Waals surface area contributed by atoms with Crippen molar-refractivity contribution < 1.29 is 19.1 Å². The number of carbonyl (C=O) groups is 2. The highest BCUT2D eigenvalue weighted by Crippen LogP contribution is 2.52. The molecule has 0 spiro atoms. The zero-order chi connectivity index (χ0) is 21.4. The molecule has 172 valence electrons. The summed E-state index contributed by atoms with van der Waals surface area (Å²) in [5.74, 6) is 2.35. The molecular weight excluding hydrogens is 523 g/mol. The number of hydrogen-bond donors (Lipinski definition) is 2. The lowest BCUT2D eigenvalue weighted by molar-refractivity contribution is -0.140. The molecule has 4 aliphatic rings. The van der Waals surface area contributed by atoms with Gasteiger partial charge in [-0.3, -0.25) is 19.5 Å². The van der Waals surface area contributed by atoms with Gasteiger partial charge in [0.2, 0.25) is 11.8 Å². The molecular formula is C23H29IN4O4. The van der Waals surface area contributed by atoms with Crippen LogP contribution in [0.1, 0.15) is 18.4 Å². The van der Waals surface area contributed by atoms with Crippen LogP contribution in [-0.4, -0.2) is 56.0 Å². The Hall–Kier alpha value is -2.30. The highest BCUT2D eigenvalue weighted by Gasteiger charge is 2.58. The lowest BCUT2D eigenvalue weighted by Crippen LogP contribution is -2.43. The van der Waals surface area contributed by atoms with Gasteiger partial charge in [0, 0.05) is 33.1 Å². The molecule has 9 heteroatoms. The fraction of sp³-hybridized carbons (Fsp3) is 0.522. The molecule has 5 rings (SSSR count). The Kier molecular flexibility index (Phi) is 6.92. The minimum Gasteiger partial charge on any atom is -0.490 e. The molecule has 1 aromatic rings. The van der Waals surface area contributed by atoms with Crippen molar-refractivity contribution in [3.05, 3.63) is 35.9 Å². The standard InChI is InChI=1S/C23H28N4O4.HI/c1-24-23(26-13-14-3-6-17-18(11-14)31-10-2-9-30-17)25-7-8-27-21(28)19-15-4-5-16(12-15)20(19)22(27)29;/h3-6,11,15-16,19-20H,2,7-10,12-13H2,1H3,(H2,24,25,26);1H. The first-order chi connectivity index (χ1) is 15.2. The van der Waals surface area contributed by atoms with E-state index in [-0.39, 0.29) is 59.5 Å². The van der Waals surface area contributed by atoms with Crippen LogP contribution in [0.15, 0.2) is 35.3 Å². The summed E-state index contributed by atoms with van der Waals surface area (Å²) in [5, 5.41) is 6.47. The lowest BCUT2D eigenvalue weighted by atomic mass is 9.85. The van der Waals surface area contributed by atoms with E-state index in [0.29, 0.717) is 38.8 Å². The van der Waals surface area contributed by atoms with Crippen LogP contribution in [0.5, 0.6) is 11.5 Å². The van der Waals surface area contributed by atoms with Gasteiger partial charge in [-0.2, -0.15) is 0 Å². The SMILES string of the molecule is CN=C(NCCN1C(=O)C2C3C=CC(C3)C2C1=O)NCc1ccc2c(c1)OCCCO2.I. The summed E-state index contributed by atoms with van der Waals surface area (Å²) in [6.45, 7) is 2.70. The van der Waals surface area contributed by atoms with Crippen molar-refractivity contribution in [3.8, 4) is 11.5 Å². The number of hydrogen-bond acceptors (Lipinski definition) is 5. The first-order valence-electron chi connectivity index (χ1n) is 11.0. The first-order valence-corrected chi connectivity index (χ1v) is 11.0. The van der Waals surface area contributed by atoms with Gasteiger partial charge in [-0.25, -0.2) is 0 Å². The molecule has 1 saturated carbocycles. The van der Waals surface area contributed by atoms with E-state index >= 15 is 0 Å². The number of benzene rings is 1. The van der Waals surface area contributed by atoms with Crippen molar-refractivity contribution in [2.45, 2.75) is 19.4 Å². The summed E-state index contributed by atoms with van der Waals surface area (Å²) < 4.78 is 11.4. The molecule has 32 heavy (non-hydrogen) atoms. The predicted molar refractivity (Wildman–Crippen MR) is 130 cm³/mol. The summed E-state index contributed by atoms with van der Waals surface area (Å²) >= 11 is 0. The van der Waals surface area contributed by atoms with Crippen LogP contribution in [0.4, 0.5) is 0 Å². The summed E-state index contributed by atoms with van der Waals surface area (Å²) in [6.07, 6.45) is 6.06. The number of nitrogens with zero attached hydrogens (tertiary/aromatic N) is 2. The Morgan fingerprint density at radius 2 is 1.75 bits per heavy atom. The van der Waals surface area contributed by atoms with Gasteiger partial charge in [0.15, 0.2) is 17.5 Å². The Morgan fingerprint density at radius 1 is 1.06 bits per heavy atom. The summed E-state index contributed by atoms with van der Waals surface area (Å²) in [4.78, 5) is 31.2. The normalized spacial score (nSPS) is 27.8. The van der Waals surface area contributed by atoms with Crippen LogP contribution in [0.25, 0.3) is 0 Å². The zero-order valence-electron chi connectivity index (χ0n) is 18.1. The summed E-state index contributed by atoms with van der Waals surface area (Å²) in [6, 6.07) is 5.90. The Bertz CT molecular complexity index is 920. The quantitative estimate of drug-likeness (QED) is 0.191. The van der Waals surface area contributed by atoms with E-state index in [2.05, 4.69) is 27.8 Å². The zero-order valence-corrected chi connectivity index (χ0v) is 20.4. The minimum atomic E-state index is -0.139. The first kappa shape index (κ1) is 22.9. The van der Waals surface area contributed by atoms with E-state index in [1.54, 1.807) is 7.05 Å². The van der Waals surface area contributed by atoms with Crippen LogP contribution in [0.3, 0.4) is 0 Å². The second kappa shape index (κ2) is 9.68. The van der Waals surface area contributed by atoms with Crippen molar-refractivity contribution in [3.63, 3.8) is 0 Å². The van der Waals surface area contributed by atoms with E-state index in [9.17, 15) is 9.59 Å². The van der Waals surface area contributed by atoms with Crippen LogP contribution < -0.4 is 20.1 Å². The van der Waals surface area contributed by atoms with Crippen molar-refractivity contribution in [1.29, 1.82) is 0 Å². The van der Waals surface area contributed by atoms with Gasteiger partial charge in [-0.05, 0) is 36.0 Å². The van der Waals surface area contributed by atoms with E-state index < -0.39 is 0 Å². The van der Waals surface area contributed by atoms with Gasteiger partial charge >= 0.3 is 0 Å². The van der Waals surface area contributed by atoms with Crippen molar-refractivity contribution >= 4 is 41.8 Å². The number of fused-ring (bicyclic) bond motifs is 6. The van der Waals surface area contributed by atoms with Gasteiger partial charge in [0.1, 0.15) is 0 Å². The minimum absolute atomic E-state index is 0. The number of rotatable bonds is 5. The average molecular weight is 552 g/mol. The highest BCUT2D eigenvalue weighted by molar-refractivity contribution is 14.0. The molecule has 2 fully saturated rings. The molecule has 2 heterocycles. The Balaban J connectivity index is 0.00000245. The van der Waals surface area contributed by atoms with Crippen LogP contribution in [0.2, 0.25) is 0 Å². The summed E-state index contributed by atoms with van der Waals surface area (Å²) in [7, 11) is 1.70. The third kappa shape index (κ3) is 4.18. The van der Waals surface area contributed by atoms with Crippen LogP contribution in [-0.2, 0) is 16.1 Å².